The number of methoxy groups -OCH3 is 1. The van der Waals surface area contributed by atoms with Gasteiger partial charge in [-0.15, -0.1) is 0 Å². The minimum Gasteiger partial charge on any atom is -0.481 e. The number of nitrogens with one attached hydrogen (secondary N) is 1. The summed E-state index contributed by atoms with van der Waals surface area (Å²) < 4.78 is 19.7. The number of hydrogen-bond donors (Lipinski definition) is 2. The zero-order chi connectivity index (χ0) is 29.1. The van der Waals surface area contributed by atoms with Crippen molar-refractivity contribution in [3.63, 3.8) is 0 Å². The normalized spacial score (nSPS) is 18.6. The summed E-state index contributed by atoms with van der Waals surface area (Å²) in [6, 6.07) is 9.70. The number of hydrogen-bond acceptors (Lipinski definition) is 10. The number of amides is 1. The fourth-order valence-corrected chi connectivity index (χ4v) is 5.40. The number of benzene rings is 1. The molecule has 0 bridgehead atoms. The lowest BCUT2D eigenvalue weighted by molar-refractivity contribution is -0.139. The smallest absolute Gasteiger partial charge is 0.251 e. The fraction of sp³-hybridized carbons (Fsp3) is 0.414. The largest absolute Gasteiger partial charge is 0.481 e. The van der Waals surface area contributed by atoms with Gasteiger partial charge in [-0.25, -0.2) is 24.8 Å². The molecule has 216 valence electrons. The number of anilines is 1. The number of ether oxygens (including phenoxy) is 1. The van der Waals surface area contributed by atoms with Crippen LogP contribution in [0.1, 0.15) is 41.4 Å². The van der Waals surface area contributed by atoms with Gasteiger partial charge in [0.05, 0.1) is 35.8 Å². The second kappa shape index (κ2) is 12.1. The molecule has 1 aromatic carbocycles. The first kappa shape index (κ1) is 28.4. The Morgan fingerprint density at radius 3 is 2.83 bits per heavy atom. The Balaban J connectivity index is 1.42. The second-order valence-corrected chi connectivity index (χ2v) is 10.5. The Kier molecular flexibility index (Phi) is 8.41. The number of nitrogens with two attached hydrogens (primary N) is 1. The minimum atomic E-state index is -0.468. The molecule has 0 radical (unpaired) electrons. The molecule has 12 heteroatoms. The summed E-state index contributed by atoms with van der Waals surface area (Å²) in [5, 5.41) is 0. The van der Waals surface area contributed by atoms with E-state index < -0.39 is 11.9 Å². The number of amidine groups is 1. The molecule has 1 fully saturated rings. The summed E-state index contributed by atoms with van der Waals surface area (Å²) in [6.45, 7) is 3.02. The van der Waals surface area contributed by atoms with Gasteiger partial charge in [-0.05, 0) is 57.6 Å². The number of carbonyl (C=O) groups excluding carboxylic acids is 1. The Bertz CT molecular complexity index is 1460. The van der Waals surface area contributed by atoms with E-state index in [9.17, 15) is 9.18 Å². The summed E-state index contributed by atoms with van der Waals surface area (Å²) in [5.41, 5.74) is 12.7. The topological polar surface area (TPSA) is 131 Å². The Morgan fingerprint density at radius 2 is 2.05 bits per heavy atom. The third kappa shape index (κ3) is 6.28. The van der Waals surface area contributed by atoms with E-state index in [0.717, 1.165) is 18.4 Å². The van der Waals surface area contributed by atoms with Crippen molar-refractivity contribution < 1.29 is 18.8 Å². The highest BCUT2D eigenvalue weighted by atomic mass is 19.1. The lowest BCUT2D eigenvalue weighted by Crippen LogP contribution is -2.49. The van der Waals surface area contributed by atoms with Crippen LogP contribution in [0.25, 0.3) is 11.3 Å². The Labute approximate surface area is 238 Å². The Hall–Kier alpha value is -4.16. The van der Waals surface area contributed by atoms with Gasteiger partial charge in [-0.3, -0.25) is 14.6 Å². The van der Waals surface area contributed by atoms with E-state index >= 15 is 0 Å². The molecule has 11 nitrogen and oxygen atoms in total. The zero-order valence-corrected chi connectivity index (χ0v) is 23.7. The molecule has 1 amide bonds. The molecule has 3 N–H and O–H groups in total. The van der Waals surface area contributed by atoms with E-state index in [1.54, 1.807) is 24.3 Å². The lowest BCUT2D eigenvalue weighted by atomic mass is 9.91. The van der Waals surface area contributed by atoms with Gasteiger partial charge in [-0.2, -0.15) is 0 Å². The maximum Gasteiger partial charge on any atom is 0.251 e. The van der Waals surface area contributed by atoms with Gasteiger partial charge in [0, 0.05) is 37.2 Å². The van der Waals surface area contributed by atoms with Crippen molar-refractivity contribution in [2.45, 2.75) is 38.3 Å². The number of aromatic nitrogens is 3. The number of likely N-dealkylation sites (tertiary alicyclic amines) is 1. The average molecular weight is 563 g/mol. The maximum absolute atomic E-state index is 14.5. The number of carbonyl (C=O) groups is 1. The van der Waals surface area contributed by atoms with Crippen LogP contribution in [0, 0.1) is 12.7 Å². The summed E-state index contributed by atoms with van der Waals surface area (Å²) in [4.78, 5) is 40.9. The predicted octanol–water partition coefficient (Wildman–Crippen LogP) is 2.69. The minimum absolute atomic E-state index is 0.104. The van der Waals surface area contributed by atoms with Crippen molar-refractivity contribution in [1.82, 2.24) is 30.2 Å². The van der Waals surface area contributed by atoms with Crippen LogP contribution in [0.2, 0.25) is 0 Å². The number of likely N-dealkylation sites (N-methyl/N-ethyl adjacent to an activating group) is 1. The molecule has 0 spiro atoms. The first-order chi connectivity index (χ1) is 19.7. The van der Waals surface area contributed by atoms with Crippen molar-refractivity contribution in [2.75, 3.05) is 46.6 Å². The number of pyridine rings is 1. The standard InChI is InChI=1S/C29H35FN8O3/c1-17-27-24(35-29(31)32-17)14-23(20-11-10-18(30)13-21(20)22-8-5-9-25(33-22)40-4)34-28(27)36-41-16-26(39)38-12-6-7-19(15-38)37(2)3/h5,8-11,13,19,23H,6-7,12,14-16H2,1-4H3,(H,34,36)(H2,31,32,35)/t19?,23-/m1/s1. The SMILES string of the molecule is COc1cccc(-c2cc(F)ccc2[C@H]2Cc3nc(N)nc(C)c3C(NOCC(=O)N3CCCC(N(C)C)C3)=N2)n1. The predicted molar refractivity (Wildman–Crippen MR) is 153 cm³/mol. The first-order valence-corrected chi connectivity index (χ1v) is 13.6. The van der Waals surface area contributed by atoms with E-state index in [-0.39, 0.29) is 18.5 Å². The molecule has 2 aliphatic rings. The van der Waals surface area contributed by atoms with Crippen molar-refractivity contribution >= 4 is 17.7 Å². The number of aliphatic imine (C=N–C) groups is 1. The van der Waals surface area contributed by atoms with E-state index in [4.69, 9.17) is 20.3 Å². The van der Waals surface area contributed by atoms with Gasteiger partial charge >= 0.3 is 0 Å². The molecule has 3 aromatic rings. The second-order valence-electron chi connectivity index (χ2n) is 10.5. The summed E-state index contributed by atoms with van der Waals surface area (Å²) in [7, 11) is 5.58. The van der Waals surface area contributed by atoms with Gasteiger partial charge < -0.3 is 20.3 Å². The highest BCUT2D eigenvalue weighted by Gasteiger charge is 2.30. The molecular weight excluding hydrogens is 527 g/mol. The molecule has 2 atom stereocenters. The molecule has 0 saturated carbocycles. The highest BCUT2D eigenvalue weighted by Crippen LogP contribution is 2.36. The summed E-state index contributed by atoms with van der Waals surface area (Å²) in [5.74, 6) is 0.433. The molecule has 41 heavy (non-hydrogen) atoms. The van der Waals surface area contributed by atoms with Gasteiger partial charge in [0.15, 0.2) is 12.4 Å². The van der Waals surface area contributed by atoms with Gasteiger partial charge in [0.25, 0.3) is 5.91 Å². The maximum atomic E-state index is 14.5. The van der Waals surface area contributed by atoms with E-state index in [0.29, 0.717) is 65.5 Å². The molecule has 2 aromatic heterocycles. The van der Waals surface area contributed by atoms with Crippen LogP contribution in [-0.2, 0) is 16.1 Å². The van der Waals surface area contributed by atoms with Crippen LogP contribution >= 0.6 is 0 Å². The summed E-state index contributed by atoms with van der Waals surface area (Å²) in [6.07, 6.45) is 2.41. The number of halogens is 1. The molecule has 2 aliphatic heterocycles. The number of nitrogens with zero attached hydrogens (tertiary/aromatic N) is 6. The van der Waals surface area contributed by atoms with E-state index in [1.165, 1.54) is 19.2 Å². The van der Waals surface area contributed by atoms with E-state index in [2.05, 4.69) is 25.3 Å². The monoisotopic (exact) mass is 562 g/mol. The fourth-order valence-electron chi connectivity index (χ4n) is 5.40. The molecule has 0 aliphatic carbocycles. The quantitative estimate of drug-likeness (QED) is 0.417. The number of aryl methyl sites for hydroxylation is 1. The van der Waals surface area contributed by atoms with Crippen LogP contribution in [0.5, 0.6) is 5.88 Å². The van der Waals surface area contributed by atoms with Crippen LogP contribution in [0.4, 0.5) is 10.3 Å². The molecule has 4 heterocycles. The number of nitrogen functional groups attached to an aromatic ring is 1. The molecule has 5 rings (SSSR count). The van der Waals surface area contributed by atoms with Crippen LogP contribution in [-0.4, -0.2) is 83.4 Å². The third-order valence-electron chi connectivity index (χ3n) is 7.52. The van der Waals surface area contributed by atoms with Crippen molar-refractivity contribution in [1.29, 1.82) is 0 Å². The first-order valence-electron chi connectivity index (χ1n) is 13.6. The summed E-state index contributed by atoms with van der Waals surface area (Å²) >= 11 is 0. The third-order valence-corrected chi connectivity index (χ3v) is 7.52. The lowest BCUT2D eigenvalue weighted by Gasteiger charge is -2.36. The zero-order valence-electron chi connectivity index (χ0n) is 23.7. The molecule has 1 unspecified atom stereocenters. The van der Waals surface area contributed by atoms with Gasteiger partial charge in [0.1, 0.15) is 5.82 Å². The highest BCUT2D eigenvalue weighted by molar-refractivity contribution is 6.01. The van der Waals surface area contributed by atoms with E-state index in [1.807, 2.05) is 25.9 Å². The van der Waals surface area contributed by atoms with Crippen molar-refractivity contribution in [2.24, 2.45) is 4.99 Å². The molecule has 1 saturated heterocycles. The number of rotatable bonds is 7. The van der Waals surface area contributed by atoms with Crippen molar-refractivity contribution in [3.05, 3.63) is 64.7 Å². The van der Waals surface area contributed by atoms with Gasteiger partial charge in [-0.1, -0.05) is 12.1 Å². The Morgan fingerprint density at radius 1 is 1.22 bits per heavy atom. The average Bonchev–Trinajstić information content (AvgIpc) is 2.96. The van der Waals surface area contributed by atoms with Crippen molar-refractivity contribution in [3.8, 4) is 17.1 Å². The number of hydroxylamine groups is 1. The number of fused-ring (bicyclic) bond motifs is 1. The van der Waals surface area contributed by atoms with Crippen LogP contribution < -0.4 is 16.0 Å². The van der Waals surface area contributed by atoms with Gasteiger partial charge in [0.2, 0.25) is 11.8 Å². The van der Waals surface area contributed by atoms with Crippen LogP contribution in [0.15, 0.2) is 41.4 Å². The molecular formula is C29H35FN8O3. The number of piperidine rings is 1. The van der Waals surface area contributed by atoms with Crippen LogP contribution in [0.3, 0.4) is 0 Å².